The number of aliphatic hydroxyl groups is 1. The lowest BCUT2D eigenvalue weighted by molar-refractivity contribution is -0.0891. The average molecular weight is 471 g/mol. The van der Waals surface area contributed by atoms with E-state index in [1.807, 2.05) is 0 Å². The molecule has 0 saturated carbocycles. The molecule has 3 N–H and O–H groups in total. The van der Waals surface area contributed by atoms with E-state index in [0.29, 0.717) is 29.8 Å². The minimum atomic E-state index is -3.69. The normalized spacial score (nSPS) is 21.6. The smallest absolute Gasteiger partial charge is 0.251 e. The van der Waals surface area contributed by atoms with E-state index in [2.05, 4.69) is 10.0 Å². The van der Waals surface area contributed by atoms with E-state index in [9.17, 15) is 22.7 Å². The lowest BCUT2D eigenvalue weighted by atomic mass is 9.97. The van der Waals surface area contributed by atoms with Crippen LogP contribution in [0.4, 0.5) is 4.39 Å². The quantitative estimate of drug-likeness (QED) is 0.549. The number of carbonyl (C=O) groups is 1. The first-order valence-electron chi connectivity index (χ1n) is 9.86. The summed E-state index contributed by atoms with van der Waals surface area (Å²) in [5.41, 5.74) is 0.315. The topological polar surface area (TPSA) is 105 Å². The van der Waals surface area contributed by atoms with Crippen LogP contribution in [0.5, 0.6) is 0 Å². The first kappa shape index (κ1) is 23.6. The van der Waals surface area contributed by atoms with Crippen LogP contribution in [0.3, 0.4) is 0 Å². The summed E-state index contributed by atoms with van der Waals surface area (Å²) in [6.07, 6.45) is 0.675. The minimum absolute atomic E-state index is 0.0846. The van der Waals surface area contributed by atoms with E-state index < -0.39 is 28.0 Å². The molecule has 1 aliphatic rings. The fraction of sp³-hybridized carbons (Fsp3) is 0.381. The van der Waals surface area contributed by atoms with Crippen molar-refractivity contribution in [1.29, 1.82) is 0 Å². The van der Waals surface area contributed by atoms with Crippen LogP contribution in [0, 0.1) is 5.82 Å². The number of hydrogen-bond donors (Lipinski definition) is 3. The first-order valence-corrected chi connectivity index (χ1v) is 11.7. The molecule has 0 aliphatic carbocycles. The zero-order chi connectivity index (χ0) is 22.4. The molecular weight excluding hydrogens is 447 g/mol. The number of rotatable bonds is 8. The molecule has 0 radical (unpaired) electrons. The van der Waals surface area contributed by atoms with Crippen LogP contribution >= 0.6 is 11.6 Å². The Kier molecular flexibility index (Phi) is 8.01. The predicted octanol–water partition coefficient (Wildman–Crippen LogP) is 2.49. The molecule has 1 saturated heterocycles. The van der Waals surface area contributed by atoms with Crippen LogP contribution in [0.15, 0.2) is 53.4 Å². The number of carbonyl (C=O) groups excluding carboxylic acids is 1. The molecule has 2 aromatic carbocycles. The Morgan fingerprint density at radius 3 is 2.61 bits per heavy atom. The first-order chi connectivity index (χ1) is 14.8. The summed E-state index contributed by atoms with van der Waals surface area (Å²) < 4.78 is 46.1. The summed E-state index contributed by atoms with van der Waals surface area (Å²) in [5.74, 6) is -0.806. The summed E-state index contributed by atoms with van der Waals surface area (Å²) in [4.78, 5) is 12.4. The van der Waals surface area contributed by atoms with Gasteiger partial charge in [-0.05, 0) is 61.7 Å². The van der Waals surface area contributed by atoms with Crippen LogP contribution in [-0.2, 0) is 14.8 Å². The van der Waals surface area contributed by atoms with Crippen molar-refractivity contribution in [1.82, 2.24) is 10.0 Å². The standard InChI is InChI=1S/C21H24ClFN2O5S/c22-15-2-1-3-18(12-15)31(28,29)24-11-10-17-8-9-19(20(13-26)30-17)25-21(27)14-4-6-16(23)7-5-14/h1-7,12,17,19-20,24,26H,8-11,13H2,(H,25,27)/t17-,19+,20-/m0/s1. The third-order valence-corrected chi connectivity index (χ3v) is 6.78. The maximum atomic E-state index is 13.0. The van der Waals surface area contributed by atoms with Crippen molar-refractivity contribution in [3.63, 3.8) is 0 Å². The summed E-state index contributed by atoms with van der Waals surface area (Å²) in [7, 11) is -3.69. The number of nitrogens with one attached hydrogen (secondary N) is 2. The summed E-state index contributed by atoms with van der Waals surface area (Å²) in [6, 6.07) is 10.8. The lowest BCUT2D eigenvalue weighted by Crippen LogP contribution is -2.51. The van der Waals surface area contributed by atoms with Gasteiger partial charge in [-0.2, -0.15) is 0 Å². The molecule has 10 heteroatoms. The van der Waals surface area contributed by atoms with Crippen molar-refractivity contribution in [3.05, 3.63) is 64.9 Å². The largest absolute Gasteiger partial charge is 0.394 e. The molecule has 1 heterocycles. The van der Waals surface area contributed by atoms with Gasteiger partial charge in [0.15, 0.2) is 0 Å². The van der Waals surface area contributed by atoms with Crippen molar-refractivity contribution in [2.75, 3.05) is 13.2 Å². The van der Waals surface area contributed by atoms with Gasteiger partial charge in [0.2, 0.25) is 10.0 Å². The van der Waals surface area contributed by atoms with Gasteiger partial charge in [0.1, 0.15) is 11.9 Å². The van der Waals surface area contributed by atoms with Crippen molar-refractivity contribution >= 4 is 27.5 Å². The third-order valence-electron chi connectivity index (χ3n) is 5.08. The molecular formula is C21H24ClFN2O5S. The molecule has 7 nitrogen and oxygen atoms in total. The third kappa shape index (κ3) is 6.47. The Labute approximate surface area is 185 Å². The van der Waals surface area contributed by atoms with Crippen LogP contribution in [0.2, 0.25) is 5.02 Å². The lowest BCUT2D eigenvalue weighted by Gasteiger charge is -2.36. The zero-order valence-corrected chi connectivity index (χ0v) is 18.2. The highest BCUT2D eigenvalue weighted by Crippen LogP contribution is 2.22. The Bertz CT molecular complexity index is 1000. The number of aliphatic hydroxyl groups excluding tert-OH is 1. The fourth-order valence-corrected chi connectivity index (χ4v) is 4.78. The van der Waals surface area contributed by atoms with E-state index in [0.717, 1.165) is 0 Å². The van der Waals surface area contributed by atoms with Gasteiger partial charge in [-0.25, -0.2) is 17.5 Å². The van der Waals surface area contributed by atoms with Crippen molar-refractivity contribution in [2.45, 2.75) is 42.4 Å². The van der Waals surface area contributed by atoms with E-state index in [-0.39, 0.29) is 30.1 Å². The molecule has 1 amide bonds. The summed E-state index contributed by atoms with van der Waals surface area (Å²) in [5, 5.41) is 12.8. The maximum Gasteiger partial charge on any atom is 0.251 e. The molecule has 1 aliphatic heterocycles. The second-order valence-electron chi connectivity index (χ2n) is 7.29. The fourth-order valence-electron chi connectivity index (χ4n) is 3.43. The van der Waals surface area contributed by atoms with Gasteiger partial charge in [-0.15, -0.1) is 0 Å². The average Bonchev–Trinajstić information content (AvgIpc) is 2.75. The Morgan fingerprint density at radius 2 is 1.94 bits per heavy atom. The van der Waals surface area contributed by atoms with Gasteiger partial charge in [-0.3, -0.25) is 4.79 Å². The van der Waals surface area contributed by atoms with Gasteiger partial charge in [0.25, 0.3) is 5.91 Å². The van der Waals surface area contributed by atoms with E-state index >= 15 is 0 Å². The zero-order valence-electron chi connectivity index (χ0n) is 16.6. The van der Waals surface area contributed by atoms with Gasteiger partial charge < -0.3 is 15.2 Å². The molecule has 3 atom stereocenters. The Balaban J connectivity index is 1.50. The highest BCUT2D eigenvalue weighted by atomic mass is 35.5. The molecule has 31 heavy (non-hydrogen) atoms. The molecule has 168 valence electrons. The van der Waals surface area contributed by atoms with Crippen LogP contribution < -0.4 is 10.0 Å². The number of amides is 1. The second-order valence-corrected chi connectivity index (χ2v) is 9.49. The van der Waals surface area contributed by atoms with Crippen molar-refractivity contribution in [3.8, 4) is 0 Å². The molecule has 0 aromatic heterocycles. The molecule has 2 aromatic rings. The minimum Gasteiger partial charge on any atom is -0.394 e. The van der Waals surface area contributed by atoms with Gasteiger partial charge in [0, 0.05) is 17.1 Å². The van der Waals surface area contributed by atoms with E-state index in [4.69, 9.17) is 16.3 Å². The molecule has 0 unspecified atom stereocenters. The predicted molar refractivity (Wildman–Crippen MR) is 114 cm³/mol. The molecule has 3 rings (SSSR count). The number of sulfonamides is 1. The van der Waals surface area contributed by atoms with E-state index in [1.54, 1.807) is 12.1 Å². The number of benzene rings is 2. The SMILES string of the molecule is O=C(N[C@@H]1CC[C@@H](CCNS(=O)(=O)c2cccc(Cl)c2)O[C@H]1CO)c1ccc(F)cc1. The van der Waals surface area contributed by atoms with Crippen LogP contribution in [-0.4, -0.2) is 50.8 Å². The Morgan fingerprint density at radius 1 is 1.19 bits per heavy atom. The monoisotopic (exact) mass is 470 g/mol. The number of hydrogen-bond acceptors (Lipinski definition) is 5. The van der Waals surface area contributed by atoms with Crippen molar-refractivity contribution < 1.29 is 27.4 Å². The highest BCUT2D eigenvalue weighted by molar-refractivity contribution is 7.89. The molecule has 0 bridgehead atoms. The van der Waals surface area contributed by atoms with Gasteiger partial charge >= 0.3 is 0 Å². The molecule has 0 spiro atoms. The summed E-state index contributed by atoms with van der Waals surface area (Å²) in [6.45, 7) is -0.136. The van der Waals surface area contributed by atoms with Crippen LogP contribution in [0.1, 0.15) is 29.6 Å². The van der Waals surface area contributed by atoms with Gasteiger partial charge in [0.05, 0.1) is 23.6 Å². The van der Waals surface area contributed by atoms with Crippen LogP contribution in [0.25, 0.3) is 0 Å². The maximum absolute atomic E-state index is 13.0. The second kappa shape index (κ2) is 10.5. The Hall–Kier alpha value is -2.04. The van der Waals surface area contributed by atoms with Crippen molar-refractivity contribution in [2.24, 2.45) is 0 Å². The number of ether oxygens (including phenoxy) is 1. The van der Waals surface area contributed by atoms with Gasteiger partial charge in [-0.1, -0.05) is 17.7 Å². The number of halogens is 2. The van der Waals surface area contributed by atoms with E-state index in [1.165, 1.54) is 36.4 Å². The molecule has 1 fully saturated rings. The summed E-state index contributed by atoms with van der Waals surface area (Å²) >= 11 is 5.85. The highest BCUT2D eigenvalue weighted by Gasteiger charge is 2.32.